The third-order valence-electron chi connectivity index (χ3n) is 1.91. The van der Waals surface area contributed by atoms with Gasteiger partial charge in [0.05, 0.1) is 0 Å². The molecule has 0 unspecified atom stereocenters. The van der Waals surface area contributed by atoms with Crippen molar-refractivity contribution >= 4 is 35.0 Å². The molecule has 12 heavy (non-hydrogen) atoms. The van der Waals surface area contributed by atoms with Crippen LogP contribution < -0.4 is 0 Å². The Kier molecular flexibility index (Phi) is 4.06. The van der Waals surface area contributed by atoms with Crippen molar-refractivity contribution < 1.29 is 0 Å². The third kappa shape index (κ3) is 3.62. The van der Waals surface area contributed by atoms with Crippen molar-refractivity contribution in [2.24, 2.45) is 0 Å². The number of hydrogen-bond acceptors (Lipinski definition) is 0. The van der Waals surface area contributed by atoms with Gasteiger partial charge in [-0.25, -0.2) is 22.9 Å². The SMILES string of the molecule is CC(C)(C)B(Cl)B(Cl)C(C)(C)C. The Morgan fingerprint density at radius 1 is 0.667 bits per heavy atom. The molecular weight excluding hydrogens is 189 g/mol. The minimum atomic E-state index is 0.0131. The molecule has 0 amide bonds. The Hall–Kier alpha value is 0.710. The molecule has 0 N–H and O–H groups in total. The zero-order valence-electron chi connectivity index (χ0n) is 8.91. The second-order valence-electron chi connectivity index (χ2n) is 5.54. The quantitative estimate of drug-likeness (QED) is 0.566. The van der Waals surface area contributed by atoms with Gasteiger partial charge in [0.15, 0.2) is 0 Å². The summed E-state index contributed by atoms with van der Waals surface area (Å²) in [7, 11) is 0. The van der Waals surface area contributed by atoms with Gasteiger partial charge in [0.25, 0.3) is 0 Å². The second-order valence-corrected chi connectivity index (χ2v) is 6.48. The van der Waals surface area contributed by atoms with Crippen LogP contribution in [-0.4, -0.2) is 12.0 Å². The number of hydrogen-bond donors (Lipinski definition) is 0. The predicted octanol–water partition coefficient (Wildman–Crippen LogP) is 4.13. The van der Waals surface area contributed by atoms with Gasteiger partial charge in [0.2, 0.25) is 12.0 Å². The van der Waals surface area contributed by atoms with Gasteiger partial charge in [-0.2, -0.15) is 0 Å². The van der Waals surface area contributed by atoms with Crippen molar-refractivity contribution in [3.8, 4) is 0 Å². The fourth-order valence-electron chi connectivity index (χ4n) is 0.878. The fourth-order valence-corrected chi connectivity index (χ4v) is 1.63. The lowest BCUT2D eigenvalue weighted by Crippen LogP contribution is -2.40. The van der Waals surface area contributed by atoms with Gasteiger partial charge < -0.3 is 0 Å². The second kappa shape index (κ2) is 3.84. The molecule has 0 aliphatic carbocycles. The average Bonchev–Trinajstić information content (AvgIpc) is 1.80. The summed E-state index contributed by atoms with van der Waals surface area (Å²) in [5.74, 6) is 0. The highest BCUT2D eigenvalue weighted by Crippen LogP contribution is 2.40. The molecule has 0 atom stereocenters. The van der Waals surface area contributed by atoms with Gasteiger partial charge in [0, 0.05) is 0 Å². The molecule has 0 heterocycles. The molecule has 0 rings (SSSR count). The first-order valence-electron chi connectivity index (χ1n) is 4.35. The average molecular weight is 207 g/mol. The van der Waals surface area contributed by atoms with Gasteiger partial charge in [-0.1, -0.05) is 41.5 Å². The molecule has 0 spiro atoms. The fraction of sp³-hybridized carbons (Fsp3) is 1.00. The molecule has 0 aromatic rings. The van der Waals surface area contributed by atoms with Crippen molar-refractivity contribution in [3.05, 3.63) is 0 Å². The summed E-state index contributed by atoms with van der Waals surface area (Å²) in [4.78, 5) is 0. The van der Waals surface area contributed by atoms with Gasteiger partial charge in [-0.05, 0) is 10.6 Å². The summed E-state index contributed by atoms with van der Waals surface area (Å²) in [6.07, 6.45) is 0. The Labute approximate surface area is 87.4 Å². The zero-order valence-corrected chi connectivity index (χ0v) is 10.4. The first-order chi connectivity index (χ1) is 5.07. The first kappa shape index (κ1) is 12.7. The number of rotatable bonds is 1. The maximum absolute atomic E-state index is 6.26. The van der Waals surface area contributed by atoms with Crippen LogP contribution in [0.5, 0.6) is 0 Å². The van der Waals surface area contributed by atoms with Gasteiger partial charge >= 0.3 is 0 Å². The lowest BCUT2D eigenvalue weighted by molar-refractivity contribution is 0.736. The smallest absolute Gasteiger partial charge is 0.203 e. The van der Waals surface area contributed by atoms with E-state index in [2.05, 4.69) is 41.5 Å². The van der Waals surface area contributed by atoms with Crippen LogP contribution in [0.3, 0.4) is 0 Å². The van der Waals surface area contributed by atoms with Crippen LogP contribution in [0.2, 0.25) is 10.6 Å². The molecule has 4 heteroatoms. The van der Waals surface area contributed by atoms with E-state index >= 15 is 0 Å². The highest BCUT2D eigenvalue weighted by molar-refractivity contribution is 7.57. The molecular formula is C8H18B2Cl2. The Morgan fingerprint density at radius 2 is 0.833 bits per heavy atom. The highest BCUT2D eigenvalue weighted by atomic mass is 35.5. The monoisotopic (exact) mass is 206 g/mol. The van der Waals surface area contributed by atoms with Gasteiger partial charge in [-0.3, -0.25) is 0 Å². The van der Waals surface area contributed by atoms with Gasteiger partial charge in [0.1, 0.15) is 0 Å². The van der Waals surface area contributed by atoms with Crippen LogP contribution in [0.4, 0.5) is 0 Å². The molecule has 0 fully saturated rings. The van der Waals surface area contributed by atoms with Crippen molar-refractivity contribution in [3.63, 3.8) is 0 Å². The molecule has 0 bridgehead atoms. The summed E-state index contributed by atoms with van der Waals surface area (Å²) in [5.41, 5.74) is 0. The highest BCUT2D eigenvalue weighted by Gasteiger charge is 2.42. The normalized spacial score (nSPS) is 13.0. The summed E-state index contributed by atoms with van der Waals surface area (Å²) < 4.78 is 0. The van der Waals surface area contributed by atoms with Crippen LogP contribution in [0.15, 0.2) is 0 Å². The van der Waals surface area contributed by atoms with E-state index in [0.29, 0.717) is 0 Å². The Morgan fingerprint density at radius 3 is 0.917 bits per heavy atom. The molecule has 0 aromatic carbocycles. The van der Waals surface area contributed by atoms with E-state index in [1.165, 1.54) is 0 Å². The van der Waals surface area contributed by atoms with Crippen molar-refractivity contribution in [2.45, 2.75) is 52.2 Å². The minimum Gasteiger partial charge on any atom is -0.203 e. The molecule has 0 nitrogen and oxygen atoms in total. The standard InChI is InChI=1S/C8H18B2Cl2/c1-7(2,3)9(11)10(12)8(4,5)6/h1-6H3. The largest absolute Gasteiger partial charge is 0.244 e. The number of halogens is 2. The maximum Gasteiger partial charge on any atom is 0.244 e. The van der Waals surface area contributed by atoms with Crippen LogP contribution in [0, 0.1) is 0 Å². The molecule has 70 valence electrons. The third-order valence-corrected chi connectivity index (χ3v) is 3.85. The van der Waals surface area contributed by atoms with Crippen LogP contribution in [-0.2, 0) is 0 Å². The van der Waals surface area contributed by atoms with Crippen LogP contribution >= 0.6 is 22.9 Å². The molecule has 0 saturated heterocycles. The van der Waals surface area contributed by atoms with Crippen LogP contribution in [0.1, 0.15) is 41.5 Å². The topological polar surface area (TPSA) is 0 Å². The molecule has 0 aliphatic heterocycles. The summed E-state index contributed by atoms with van der Waals surface area (Å²) in [5, 5.41) is 0.141. The Balaban J connectivity index is 4.41. The lowest BCUT2D eigenvalue weighted by atomic mass is 9.20. The van der Waals surface area contributed by atoms with E-state index in [-0.39, 0.29) is 22.7 Å². The van der Waals surface area contributed by atoms with E-state index in [4.69, 9.17) is 22.9 Å². The van der Waals surface area contributed by atoms with E-state index in [1.807, 2.05) is 0 Å². The predicted molar refractivity (Wildman–Crippen MR) is 62.6 cm³/mol. The molecule has 0 radical (unpaired) electrons. The van der Waals surface area contributed by atoms with Gasteiger partial charge in [-0.15, -0.1) is 0 Å². The molecule has 0 aromatic heterocycles. The molecule has 0 saturated carbocycles. The van der Waals surface area contributed by atoms with Crippen LogP contribution in [0.25, 0.3) is 0 Å². The van der Waals surface area contributed by atoms with Crippen molar-refractivity contribution in [1.82, 2.24) is 0 Å². The van der Waals surface area contributed by atoms with E-state index in [9.17, 15) is 0 Å². The van der Waals surface area contributed by atoms with E-state index in [1.54, 1.807) is 0 Å². The summed E-state index contributed by atoms with van der Waals surface area (Å²) in [6.45, 7) is 12.7. The van der Waals surface area contributed by atoms with E-state index < -0.39 is 0 Å². The molecule has 0 aliphatic rings. The minimum absolute atomic E-state index is 0.0131. The zero-order chi connectivity index (χ0) is 10.2. The van der Waals surface area contributed by atoms with Crippen molar-refractivity contribution in [1.29, 1.82) is 0 Å². The maximum atomic E-state index is 6.26. The Bertz CT molecular complexity index is 128. The summed E-state index contributed by atoms with van der Waals surface area (Å²) >= 11 is 12.5. The van der Waals surface area contributed by atoms with Crippen molar-refractivity contribution in [2.75, 3.05) is 0 Å². The lowest BCUT2D eigenvalue weighted by Gasteiger charge is -2.31. The first-order valence-corrected chi connectivity index (χ1v) is 5.22. The van der Waals surface area contributed by atoms with E-state index in [0.717, 1.165) is 0 Å². The summed E-state index contributed by atoms with van der Waals surface area (Å²) in [6, 6.07) is 0.0262.